The number of hydrogen-bond donors (Lipinski definition) is 2. The van der Waals surface area contributed by atoms with Gasteiger partial charge in [0.15, 0.2) is 0 Å². The summed E-state index contributed by atoms with van der Waals surface area (Å²) in [5.41, 5.74) is -0.766. The molecule has 2 amide bonds. The molecule has 2 N–H and O–H groups in total. The number of rotatable bonds is 4. The Morgan fingerprint density at radius 3 is 2.48 bits per heavy atom. The lowest BCUT2D eigenvalue weighted by molar-refractivity contribution is -0.149. The molecule has 1 saturated carbocycles. The Balaban J connectivity index is 1.91. The first-order chi connectivity index (χ1) is 10.1. The van der Waals surface area contributed by atoms with Crippen LogP contribution in [0.2, 0.25) is 0 Å². The normalized spacial score (nSPS) is 25.1. The lowest BCUT2D eigenvalue weighted by atomic mass is 9.80. The fourth-order valence-corrected chi connectivity index (χ4v) is 4.50. The van der Waals surface area contributed by atoms with Crippen LogP contribution < -0.4 is 5.32 Å². The Labute approximate surface area is 130 Å². The third-order valence-corrected chi connectivity index (χ3v) is 6.01. The predicted octanol–water partition coefficient (Wildman–Crippen LogP) is 2.56. The second-order valence-corrected chi connectivity index (χ2v) is 7.44. The maximum absolute atomic E-state index is 12.2. The van der Waals surface area contributed by atoms with Gasteiger partial charge in [-0.3, -0.25) is 4.79 Å². The van der Waals surface area contributed by atoms with E-state index in [4.69, 9.17) is 0 Å². The molecule has 6 heteroatoms. The van der Waals surface area contributed by atoms with Crippen LogP contribution in [-0.2, 0) is 4.79 Å². The van der Waals surface area contributed by atoms with Gasteiger partial charge in [0.25, 0.3) is 0 Å². The largest absolute Gasteiger partial charge is 0.481 e. The van der Waals surface area contributed by atoms with Crippen molar-refractivity contribution in [3.63, 3.8) is 0 Å². The van der Waals surface area contributed by atoms with Gasteiger partial charge >= 0.3 is 12.0 Å². The molecule has 21 heavy (non-hydrogen) atoms. The van der Waals surface area contributed by atoms with E-state index in [9.17, 15) is 14.7 Å². The number of hydrogen-bond acceptors (Lipinski definition) is 3. The highest BCUT2D eigenvalue weighted by Gasteiger charge is 2.39. The number of carboxylic acid groups (broad SMARTS) is 1. The molecule has 0 bridgehead atoms. The molecule has 1 aliphatic heterocycles. The number of carbonyl (C=O) groups is 2. The van der Waals surface area contributed by atoms with E-state index in [1.165, 1.54) is 0 Å². The number of nitrogens with one attached hydrogen (secondary N) is 1. The highest BCUT2D eigenvalue weighted by molar-refractivity contribution is 7.99. The van der Waals surface area contributed by atoms with Crippen molar-refractivity contribution in [3.8, 4) is 0 Å². The van der Waals surface area contributed by atoms with E-state index in [1.807, 2.05) is 18.8 Å². The van der Waals surface area contributed by atoms with E-state index < -0.39 is 11.4 Å². The van der Waals surface area contributed by atoms with Gasteiger partial charge < -0.3 is 15.3 Å². The first kappa shape index (κ1) is 16.5. The summed E-state index contributed by atoms with van der Waals surface area (Å²) in [4.78, 5) is 25.7. The van der Waals surface area contributed by atoms with Crippen molar-refractivity contribution in [1.82, 2.24) is 10.2 Å². The van der Waals surface area contributed by atoms with Gasteiger partial charge in [-0.25, -0.2) is 4.79 Å². The summed E-state index contributed by atoms with van der Waals surface area (Å²) in [6, 6.07) is 0.150. The van der Waals surface area contributed by atoms with E-state index in [-0.39, 0.29) is 18.6 Å². The molecule has 1 unspecified atom stereocenters. The lowest BCUT2D eigenvalue weighted by Crippen LogP contribution is -2.49. The maximum Gasteiger partial charge on any atom is 0.317 e. The molecule has 0 spiro atoms. The molecular formula is C15H26N2O3S. The van der Waals surface area contributed by atoms with Crippen molar-refractivity contribution in [2.24, 2.45) is 5.41 Å². The van der Waals surface area contributed by atoms with Crippen LogP contribution in [-0.4, -0.2) is 53.1 Å². The first-order valence-electron chi connectivity index (χ1n) is 7.87. The Morgan fingerprint density at radius 2 is 1.95 bits per heavy atom. The molecule has 0 aromatic rings. The minimum atomic E-state index is -0.766. The average Bonchev–Trinajstić information content (AvgIpc) is 2.89. The molecule has 5 nitrogen and oxygen atoms in total. The maximum atomic E-state index is 12.2. The average molecular weight is 314 g/mol. The van der Waals surface area contributed by atoms with E-state index in [0.717, 1.165) is 43.6 Å². The Morgan fingerprint density at radius 1 is 1.29 bits per heavy atom. The SMILES string of the molecule is CN(C(=O)NCC1(C(=O)O)CCCCCC1)C1CCSC1. The van der Waals surface area contributed by atoms with Crippen molar-refractivity contribution < 1.29 is 14.7 Å². The van der Waals surface area contributed by atoms with Crippen LogP contribution in [0.4, 0.5) is 4.79 Å². The van der Waals surface area contributed by atoms with Gasteiger partial charge in [-0.1, -0.05) is 25.7 Å². The Hall–Kier alpha value is -0.910. The van der Waals surface area contributed by atoms with E-state index in [2.05, 4.69) is 5.32 Å². The second kappa shape index (κ2) is 7.38. The van der Waals surface area contributed by atoms with Gasteiger partial charge in [-0.05, 0) is 25.0 Å². The molecule has 1 atom stereocenters. The van der Waals surface area contributed by atoms with Crippen LogP contribution >= 0.6 is 11.8 Å². The van der Waals surface area contributed by atoms with Crippen LogP contribution in [0.5, 0.6) is 0 Å². The fourth-order valence-electron chi connectivity index (χ4n) is 3.23. The Kier molecular flexibility index (Phi) is 5.79. The summed E-state index contributed by atoms with van der Waals surface area (Å²) in [5, 5.41) is 12.5. The van der Waals surface area contributed by atoms with Crippen LogP contribution in [0, 0.1) is 5.41 Å². The molecule has 2 aliphatic rings. The zero-order valence-electron chi connectivity index (χ0n) is 12.8. The predicted molar refractivity (Wildman–Crippen MR) is 84.7 cm³/mol. The summed E-state index contributed by atoms with van der Waals surface area (Å²) < 4.78 is 0. The molecule has 1 heterocycles. The number of aliphatic carboxylic acids is 1. The van der Waals surface area contributed by atoms with Crippen molar-refractivity contribution in [3.05, 3.63) is 0 Å². The summed E-state index contributed by atoms with van der Waals surface area (Å²) in [6.07, 6.45) is 6.45. The summed E-state index contributed by atoms with van der Waals surface area (Å²) in [6.45, 7) is 0.255. The number of thioether (sulfide) groups is 1. The molecular weight excluding hydrogens is 288 g/mol. The van der Waals surface area contributed by atoms with Gasteiger partial charge in [0.05, 0.1) is 5.41 Å². The quantitative estimate of drug-likeness (QED) is 0.783. The number of carbonyl (C=O) groups excluding carboxylic acids is 1. The fraction of sp³-hybridized carbons (Fsp3) is 0.867. The molecule has 0 aromatic carbocycles. The van der Waals surface area contributed by atoms with Crippen molar-refractivity contribution in [2.45, 2.75) is 51.0 Å². The third-order valence-electron chi connectivity index (χ3n) is 4.87. The second-order valence-electron chi connectivity index (χ2n) is 6.29. The summed E-state index contributed by atoms with van der Waals surface area (Å²) >= 11 is 1.87. The molecule has 120 valence electrons. The van der Waals surface area contributed by atoms with E-state index in [1.54, 1.807) is 4.90 Å². The molecule has 2 fully saturated rings. The summed E-state index contributed by atoms with van der Waals surface area (Å²) in [7, 11) is 1.81. The first-order valence-corrected chi connectivity index (χ1v) is 9.02. The highest BCUT2D eigenvalue weighted by Crippen LogP contribution is 2.35. The molecule has 0 aromatic heterocycles. The number of urea groups is 1. The van der Waals surface area contributed by atoms with Gasteiger partial charge in [0.2, 0.25) is 0 Å². The van der Waals surface area contributed by atoms with Gasteiger partial charge in [0, 0.05) is 25.4 Å². The molecule has 0 radical (unpaired) electrons. The molecule has 1 aliphatic carbocycles. The number of carboxylic acids is 1. The van der Waals surface area contributed by atoms with E-state index >= 15 is 0 Å². The van der Waals surface area contributed by atoms with Crippen LogP contribution in [0.15, 0.2) is 0 Å². The number of nitrogens with zero attached hydrogens (tertiary/aromatic N) is 1. The zero-order chi connectivity index (χ0) is 15.3. The minimum absolute atomic E-state index is 0.132. The van der Waals surface area contributed by atoms with Crippen molar-refractivity contribution in [1.29, 1.82) is 0 Å². The number of amides is 2. The topological polar surface area (TPSA) is 69.6 Å². The van der Waals surface area contributed by atoms with Crippen molar-refractivity contribution in [2.75, 3.05) is 25.1 Å². The minimum Gasteiger partial charge on any atom is -0.481 e. The van der Waals surface area contributed by atoms with Crippen LogP contribution in [0.25, 0.3) is 0 Å². The van der Waals surface area contributed by atoms with E-state index in [0.29, 0.717) is 12.8 Å². The zero-order valence-corrected chi connectivity index (χ0v) is 13.6. The van der Waals surface area contributed by atoms with Crippen molar-refractivity contribution >= 4 is 23.8 Å². The lowest BCUT2D eigenvalue weighted by Gasteiger charge is -2.30. The summed E-state index contributed by atoms with van der Waals surface area (Å²) in [5.74, 6) is 1.32. The van der Waals surface area contributed by atoms with Crippen LogP contribution in [0.1, 0.15) is 44.9 Å². The standard InChI is InChI=1S/C15H26N2O3S/c1-17(12-6-9-21-10-12)14(20)16-11-15(13(18)19)7-4-2-3-5-8-15/h12H,2-11H2,1H3,(H,16,20)(H,18,19). The monoisotopic (exact) mass is 314 g/mol. The highest BCUT2D eigenvalue weighted by atomic mass is 32.2. The molecule has 2 rings (SSSR count). The molecule has 1 saturated heterocycles. The van der Waals surface area contributed by atoms with Gasteiger partial charge in [-0.15, -0.1) is 0 Å². The van der Waals surface area contributed by atoms with Gasteiger partial charge in [-0.2, -0.15) is 11.8 Å². The third kappa shape index (κ3) is 4.05. The van der Waals surface area contributed by atoms with Crippen LogP contribution in [0.3, 0.4) is 0 Å². The smallest absolute Gasteiger partial charge is 0.317 e. The Bertz CT molecular complexity index is 375. The van der Waals surface area contributed by atoms with Gasteiger partial charge in [0.1, 0.15) is 0 Å².